The lowest BCUT2D eigenvalue weighted by Gasteiger charge is -2.08. The lowest BCUT2D eigenvalue weighted by atomic mass is 10.0. The van der Waals surface area contributed by atoms with Gasteiger partial charge in [0, 0.05) is 17.6 Å². The third-order valence-corrected chi connectivity index (χ3v) is 4.83. The number of carbonyl (C=O) groups is 1. The molecule has 4 rings (SSSR count). The summed E-state index contributed by atoms with van der Waals surface area (Å²) in [5, 5.41) is 12.4. The standard InChI is InChI=1S/C20H21N5O/c1-12-8-15(20-16(9-12)13(2)14(3)22-20)10-21-19(26)11-25-18-7-5-4-6-17(18)23-24-25/h4-9,22H,10-11H2,1-3H3,(H,21,26). The Labute approximate surface area is 151 Å². The van der Waals surface area contributed by atoms with E-state index in [9.17, 15) is 4.79 Å². The number of H-pyrrole nitrogens is 1. The number of hydrogen-bond donors (Lipinski definition) is 2. The van der Waals surface area contributed by atoms with E-state index in [1.165, 1.54) is 16.5 Å². The van der Waals surface area contributed by atoms with Crippen molar-refractivity contribution in [2.75, 3.05) is 0 Å². The molecule has 132 valence electrons. The SMILES string of the molecule is Cc1cc(CNC(=O)Cn2nnc3ccccc32)c2[nH]c(C)c(C)c2c1. The molecule has 6 heteroatoms. The monoisotopic (exact) mass is 347 g/mol. The first-order valence-electron chi connectivity index (χ1n) is 8.66. The zero-order valence-corrected chi connectivity index (χ0v) is 15.1. The summed E-state index contributed by atoms with van der Waals surface area (Å²) in [5.74, 6) is -0.0877. The summed E-state index contributed by atoms with van der Waals surface area (Å²) in [6, 6.07) is 11.9. The first-order valence-corrected chi connectivity index (χ1v) is 8.66. The highest BCUT2D eigenvalue weighted by Crippen LogP contribution is 2.26. The third kappa shape index (κ3) is 2.83. The molecule has 0 aliphatic carbocycles. The van der Waals surface area contributed by atoms with Gasteiger partial charge in [0.2, 0.25) is 5.91 Å². The number of hydrogen-bond acceptors (Lipinski definition) is 3. The Morgan fingerprint density at radius 1 is 1.19 bits per heavy atom. The molecule has 0 bridgehead atoms. The summed E-state index contributed by atoms with van der Waals surface area (Å²) < 4.78 is 1.62. The zero-order chi connectivity index (χ0) is 18.3. The highest BCUT2D eigenvalue weighted by Gasteiger charge is 2.12. The third-order valence-electron chi connectivity index (χ3n) is 4.83. The second-order valence-corrected chi connectivity index (χ2v) is 6.73. The van der Waals surface area contributed by atoms with Crippen LogP contribution in [0.3, 0.4) is 0 Å². The molecule has 0 saturated carbocycles. The molecule has 4 aromatic rings. The topological polar surface area (TPSA) is 75.6 Å². The van der Waals surface area contributed by atoms with Crippen LogP contribution in [0.25, 0.3) is 21.9 Å². The molecule has 2 aromatic heterocycles. The average molecular weight is 347 g/mol. The maximum absolute atomic E-state index is 12.4. The molecule has 0 saturated heterocycles. The van der Waals surface area contributed by atoms with E-state index >= 15 is 0 Å². The fraction of sp³-hybridized carbons (Fsp3) is 0.250. The molecule has 26 heavy (non-hydrogen) atoms. The van der Waals surface area contributed by atoms with Gasteiger partial charge in [-0.25, -0.2) is 4.68 Å². The Kier molecular flexibility index (Phi) is 3.95. The van der Waals surface area contributed by atoms with Crippen LogP contribution in [0.5, 0.6) is 0 Å². The molecular formula is C20H21N5O. The van der Waals surface area contributed by atoms with Gasteiger partial charge in [-0.2, -0.15) is 0 Å². The molecule has 2 N–H and O–H groups in total. The van der Waals surface area contributed by atoms with Gasteiger partial charge < -0.3 is 10.3 Å². The van der Waals surface area contributed by atoms with Crippen LogP contribution >= 0.6 is 0 Å². The van der Waals surface area contributed by atoms with Gasteiger partial charge in [-0.3, -0.25) is 4.79 Å². The number of aromatic nitrogens is 4. The smallest absolute Gasteiger partial charge is 0.242 e. The predicted molar refractivity (Wildman–Crippen MR) is 102 cm³/mol. The van der Waals surface area contributed by atoms with Gasteiger partial charge in [-0.1, -0.05) is 29.0 Å². The number of aryl methyl sites for hydroxylation is 3. The van der Waals surface area contributed by atoms with Crippen LogP contribution in [-0.4, -0.2) is 25.9 Å². The molecule has 0 atom stereocenters. The largest absolute Gasteiger partial charge is 0.358 e. The fourth-order valence-corrected chi connectivity index (χ4v) is 3.35. The van der Waals surface area contributed by atoms with Crippen LogP contribution in [0.2, 0.25) is 0 Å². The fourth-order valence-electron chi connectivity index (χ4n) is 3.35. The van der Waals surface area contributed by atoms with Crippen molar-refractivity contribution in [1.29, 1.82) is 0 Å². The highest BCUT2D eigenvalue weighted by molar-refractivity contribution is 5.88. The van der Waals surface area contributed by atoms with Gasteiger partial charge in [0.1, 0.15) is 12.1 Å². The Bertz CT molecular complexity index is 1120. The molecule has 0 fully saturated rings. The zero-order valence-electron chi connectivity index (χ0n) is 15.1. The van der Waals surface area contributed by atoms with Gasteiger partial charge in [-0.05, 0) is 50.1 Å². The lowest BCUT2D eigenvalue weighted by molar-refractivity contribution is -0.121. The van der Waals surface area contributed by atoms with Crippen molar-refractivity contribution >= 4 is 27.8 Å². The van der Waals surface area contributed by atoms with Crippen LogP contribution < -0.4 is 5.32 Å². The summed E-state index contributed by atoms with van der Waals surface area (Å²) in [5.41, 5.74) is 7.43. The number of nitrogens with one attached hydrogen (secondary N) is 2. The number of aromatic amines is 1. The van der Waals surface area contributed by atoms with E-state index in [0.29, 0.717) is 6.54 Å². The Hall–Kier alpha value is -3.15. The summed E-state index contributed by atoms with van der Waals surface area (Å²) in [7, 11) is 0. The normalized spacial score (nSPS) is 11.3. The number of nitrogens with zero attached hydrogens (tertiary/aromatic N) is 3. The van der Waals surface area contributed by atoms with Crippen LogP contribution in [0.15, 0.2) is 36.4 Å². The summed E-state index contributed by atoms with van der Waals surface area (Å²) >= 11 is 0. The van der Waals surface area contributed by atoms with Crippen molar-refractivity contribution in [1.82, 2.24) is 25.3 Å². The Morgan fingerprint density at radius 2 is 2.00 bits per heavy atom. The second-order valence-electron chi connectivity index (χ2n) is 6.73. The van der Waals surface area contributed by atoms with E-state index in [1.807, 2.05) is 24.3 Å². The van der Waals surface area contributed by atoms with E-state index in [2.05, 4.69) is 53.5 Å². The molecule has 0 unspecified atom stereocenters. The molecule has 0 aliphatic rings. The van der Waals surface area contributed by atoms with E-state index in [4.69, 9.17) is 0 Å². The molecule has 0 spiro atoms. The van der Waals surface area contributed by atoms with Gasteiger partial charge in [0.05, 0.1) is 11.0 Å². The molecule has 1 amide bonds. The quantitative estimate of drug-likeness (QED) is 0.595. The van der Waals surface area contributed by atoms with Crippen LogP contribution in [0, 0.1) is 20.8 Å². The van der Waals surface area contributed by atoms with Crippen LogP contribution in [-0.2, 0) is 17.9 Å². The maximum Gasteiger partial charge on any atom is 0.242 e. The van der Waals surface area contributed by atoms with Crippen molar-refractivity contribution in [2.24, 2.45) is 0 Å². The Balaban J connectivity index is 1.53. The first kappa shape index (κ1) is 16.3. The number of benzene rings is 2. The van der Waals surface area contributed by atoms with Gasteiger partial charge in [-0.15, -0.1) is 5.10 Å². The minimum absolute atomic E-state index is 0.0877. The molecule has 2 aromatic carbocycles. The summed E-state index contributed by atoms with van der Waals surface area (Å²) in [4.78, 5) is 15.8. The minimum Gasteiger partial charge on any atom is -0.358 e. The van der Waals surface area contributed by atoms with Crippen molar-refractivity contribution < 1.29 is 4.79 Å². The van der Waals surface area contributed by atoms with E-state index in [-0.39, 0.29) is 12.5 Å². The van der Waals surface area contributed by atoms with Gasteiger partial charge in [0.25, 0.3) is 0 Å². The number of fused-ring (bicyclic) bond motifs is 2. The van der Waals surface area contributed by atoms with E-state index in [0.717, 1.165) is 27.8 Å². The molecular weight excluding hydrogens is 326 g/mol. The minimum atomic E-state index is -0.0877. The number of carbonyl (C=O) groups excluding carboxylic acids is 1. The molecule has 0 radical (unpaired) electrons. The van der Waals surface area contributed by atoms with Crippen molar-refractivity contribution in [3.05, 3.63) is 58.8 Å². The molecule has 2 heterocycles. The maximum atomic E-state index is 12.4. The average Bonchev–Trinajstić information content (AvgIpc) is 3.15. The number of rotatable bonds is 4. The van der Waals surface area contributed by atoms with Crippen LogP contribution in [0.1, 0.15) is 22.4 Å². The number of amides is 1. The lowest BCUT2D eigenvalue weighted by Crippen LogP contribution is -2.27. The van der Waals surface area contributed by atoms with Gasteiger partial charge in [0.15, 0.2) is 0 Å². The van der Waals surface area contributed by atoms with Crippen molar-refractivity contribution in [3.8, 4) is 0 Å². The van der Waals surface area contributed by atoms with Crippen LogP contribution in [0.4, 0.5) is 0 Å². The van der Waals surface area contributed by atoms with E-state index < -0.39 is 0 Å². The highest BCUT2D eigenvalue weighted by atomic mass is 16.2. The molecule has 6 nitrogen and oxygen atoms in total. The summed E-state index contributed by atoms with van der Waals surface area (Å²) in [6.45, 7) is 6.89. The molecule has 0 aliphatic heterocycles. The first-order chi connectivity index (χ1) is 12.5. The second kappa shape index (κ2) is 6.29. The van der Waals surface area contributed by atoms with Gasteiger partial charge >= 0.3 is 0 Å². The number of para-hydroxylation sites is 1. The summed E-state index contributed by atoms with van der Waals surface area (Å²) in [6.07, 6.45) is 0. The van der Waals surface area contributed by atoms with Crippen molar-refractivity contribution in [3.63, 3.8) is 0 Å². The Morgan fingerprint density at radius 3 is 2.85 bits per heavy atom. The van der Waals surface area contributed by atoms with Crippen molar-refractivity contribution in [2.45, 2.75) is 33.9 Å². The predicted octanol–water partition coefficient (Wildman–Crippen LogP) is 3.15. The van der Waals surface area contributed by atoms with E-state index in [1.54, 1.807) is 4.68 Å².